The Morgan fingerprint density at radius 1 is 0.412 bits per heavy atom. The van der Waals surface area contributed by atoms with Gasteiger partial charge in [0.15, 0.2) is 11.6 Å². The summed E-state index contributed by atoms with van der Waals surface area (Å²) in [5.74, 6) is -0.692. The van der Waals surface area contributed by atoms with E-state index in [-0.39, 0.29) is 35.2 Å². The van der Waals surface area contributed by atoms with E-state index in [1.54, 1.807) is 0 Å². The molecule has 2 unspecified atom stereocenters. The zero-order valence-electron chi connectivity index (χ0n) is 18.4. The smallest absolute Gasteiger partial charge is 0.168 e. The van der Waals surface area contributed by atoms with Gasteiger partial charge in [-0.25, -0.2) is 0 Å². The number of ketones is 2. The van der Waals surface area contributed by atoms with E-state index in [0.29, 0.717) is 11.1 Å². The van der Waals surface area contributed by atoms with E-state index in [9.17, 15) is 9.59 Å². The number of Topliss-reactive ketones (excluding diaryl/α,β-unsaturated/α-hetero) is 2. The second-order valence-electron chi connectivity index (χ2n) is 9.94. The fourth-order valence-corrected chi connectivity index (χ4v) is 7.05. The molecule has 0 heterocycles. The zero-order valence-corrected chi connectivity index (χ0v) is 18.4. The quantitative estimate of drug-likeness (QED) is 0.265. The molecule has 0 fully saturated rings. The first-order chi connectivity index (χ1) is 16.7. The molecule has 0 N–H and O–H groups in total. The third-order valence-electron chi connectivity index (χ3n) is 8.41. The predicted octanol–water partition coefficient (Wildman–Crippen LogP) is 6.90. The highest BCUT2D eigenvalue weighted by atomic mass is 16.1. The van der Waals surface area contributed by atoms with Gasteiger partial charge >= 0.3 is 0 Å². The van der Waals surface area contributed by atoms with Crippen LogP contribution in [0.25, 0.3) is 21.5 Å². The van der Waals surface area contributed by atoms with Crippen molar-refractivity contribution in [3.05, 3.63) is 130 Å². The maximum absolute atomic E-state index is 14.0. The van der Waals surface area contributed by atoms with Gasteiger partial charge in [0.2, 0.25) is 0 Å². The molecule has 0 spiro atoms. The number of rotatable bonds is 0. The first kappa shape index (κ1) is 18.4. The van der Waals surface area contributed by atoms with Gasteiger partial charge in [0.05, 0.1) is 0 Å². The van der Waals surface area contributed by atoms with E-state index in [1.165, 1.54) is 43.8 Å². The summed E-state index contributed by atoms with van der Waals surface area (Å²) in [4.78, 5) is 28.0. The lowest BCUT2D eigenvalue weighted by molar-refractivity contribution is 0.0664. The molecule has 2 nitrogen and oxygen atoms in total. The first-order valence-electron chi connectivity index (χ1n) is 11.9. The second kappa shape index (κ2) is 6.30. The summed E-state index contributed by atoms with van der Waals surface area (Å²) < 4.78 is 0. The van der Waals surface area contributed by atoms with Crippen LogP contribution in [0.1, 0.15) is 54.8 Å². The molecule has 4 aliphatic carbocycles. The number of hydrogen-bond donors (Lipinski definition) is 0. The Morgan fingerprint density at radius 2 is 0.706 bits per heavy atom. The molecular weight excluding hydrogens is 416 g/mol. The van der Waals surface area contributed by atoms with Crippen molar-refractivity contribution in [3.63, 3.8) is 0 Å². The fraction of sp³-hybridized carbons (Fsp3) is 0.125. The third-order valence-corrected chi connectivity index (χ3v) is 8.41. The van der Waals surface area contributed by atoms with Crippen LogP contribution in [0.5, 0.6) is 0 Å². The Hall–Kier alpha value is -4.04. The molecule has 9 rings (SSSR count). The van der Waals surface area contributed by atoms with Crippen LogP contribution in [-0.2, 0) is 0 Å². The van der Waals surface area contributed by atoms with Crippen molar-refractivity contribution in [1.29, 1.82) is 0 Å². The number of hydrogen-bond acceptors (Lipinski definition) is 2. The van der Waals surface area contributed by atoms with Gasteiger partial charge in [0.1, 0.15) is 0 Å². The van der Waals surface area contributed by atoms with Crippen molar-refractivity contribution >= 4 is 33.1 Å². The summed E-state index contributed by atoms with van der Waals surface area (Å²) in [6.07, 6.45) is 0. The summed E-state index contributed by atoms with van der Waals surface area (Å²) in [5.41, 5.74) is 6.04. The average Bonchev–Trinajstić information content (AvgIpc) is 2.89. The highest BCUT2D eigenvalue weighted by Gasteiger charge is 2.57. The molecule has 0 aliphatic heterocycles. The third kappa shape index (κ3) is 2.16. The Bertz CT molecular complexity index is 1510. The molecular formula is C32H20O2. The Morgan fingerprint density at radius 3 is 1.03 bits per heavy atom. The molecule has 0 aromatic heterocycles. The molecule has 0 amide bonds. The Labute approximate surface area is 196 Å². The molecule has 2 bridgehead atoms. The van der Waals surface area contributed by atoms with Gasteiger partial charge in [-0.15, -0.1) is 0 Å². The van der Waals surface area contributed by atoms with Crippen LogP contribution < -0.4 is 0 Å². The van der Waals surface area contributed by atoms with E-state index in [2.05, 4.69) is 72.8 Å². The Balaban J connectivity index is 1.49. The van der Waals surface area contributed by atoms with Crippen LogP contribution >= 0.6 is 0 Å². The van der Waals surface area contributed by atoms with Gasteiger partial charge in [-0.3, -0.25) is 9.59 Å². The van der Waals surface area contributed by atoms with Crippen LogP contribution in [0, 0.1) is 11.8 Å². The van der Waals surface area contributed by atoms with Gasteiger partial charge in [0.25, 0.3) is 0 Å². The van der Waals surface area contributed by atoms with Gasteiger partial charge in [0, 0.05) is 34.8 Å². The summed E-state index contributed by atoms with van der Waals surface area (Å²) in [7, 11) is 0. The molecule has 5 aromatic carbocycles. The van der Waals surface area contributed by atoms with E-state index >= 15 is 0 Å². The maximum Gasteiger partial charge on any atom is 0.168 e. The lowest BCUT2D eigenvalue weighted by atomic mass is 9.49. The van der Waals surface area contributed by atoms with Crippen LogP contribution in [0.3, 0.4) is 0 Å². The zero-order chi connectivity index (χ0) is 22.6. The minimum atomic E-state index is -0.352. The van der Waals surface area contributed by atoms with Gasteiger partial charge in [-0.1, -0.05) is 97.1 Å². The molecule has 34 heavy (non-hydrogen) atoms. The summed E-state index contributed by atoms with van der Waals surface area (Å²) in [6.45, 7) is 0. The van der Waals surface area contributed by atoms with E-state index < -0.39 is 0 Å². The topological polar surface area (TPSA) is 34.1 Å². The van der Waals surface area contributed by atoms with Crippen LogP contribution in [0.2, 0.25) is 0 Å². The van der Waals surface area contributed by atoms with Gasteiger partial charge in [-0.2, -0.15) is 0 Å². The molecule has 160 valence electrons. The highest BCUT2D eigenvalue weighted by Crippen LogP contribution is 2.62. The van der Waals surface area contributed by atoms with E-state index in [0.717, 1.165) is 0 Å². The minimum Gasteiger partial charge on any atom is -0.294 e. The largest absolute Gasteiger partial charge is 0.294 e. The number of benzene rings is 5. The standard InChI is InChI=1S/C32H20O2/c33-31-21-11-5-6-12-22(21)32(34)30-28-24-14-18-8-2-1-7-17(18)13-23(24)27(29(30)31)25-15-19-9-3-4-10-20(19)16-26(25)28/h1-16,27-30H. The lowest BCUT2D eigenvalue weighted by Gasteiger charge is -2.51. The molecule has 0 radical (unpaired) electrons. The van der Waals surface area contributed by atoms with Crippen molar-refractivity contribution in [2.45, 2.75) is 11.8 Å². The van der Waals surface area contributed by atoms with Crippen LogP contribution in [-0.4, -0.2) is 11.6 Å². The Kier molecular flexibility index (Phi) is 3.41. The van der Waals surface area contributed by atoms with Crippen molar-refractivity contribution in [3.8, 4) is 0 Å². The molecule has 2 heteroatoms. The summed E-state index contributed by atoms with van der Waals surface area (Å²) in [6, 6.07) is 33.3. The normalized spacial score (nSPS) is 24.0. The van der Waals surface area contributed by atoms with Gasteiger partial charge < -0.3 is 0 Å². The lowest BCUT2D eigenvalue weighted by Crippen LogP contribution is -2.50. The van der Waals surface area contributed by atoms with Crippen LogP contribution in [0.4, 0.5) is 0 Å². The van der Waals surface area contributed by atoms with Crippen LogP contribution in [0.15, 0.2) is 97.1 Å². The van der Waals surface area contributed by atoms with Crippen molar-refractivity contribution in [1.82, 2.24) is 0 Å². The van der Waals surface area contributed by atoms with E-state index in [1.807, 2.05) is 24.3 Å². The van der Waals surface area contributed by atoms with E-state index in [4.69, 9.17) is 0 Å². The minimum absolute atomic E-state index is 0.112. The van der Waals surface area contributed by atoms with Crippen molar-refractivity contribution in [2.24, 2.45) is 11.8 Å². The molecule has 0 saturated carbocycles. The molecule has 5 aromatic rings. The molecule has 0 saturated heterocycles. The second-order valence-corrected chi connectivity index (χ2v) is 9.94. The number of fused-ring (bicyclic) bond motifs is 3. The first-order valence-corrected chi connectivity index (χ1v) is 11.9. The van der Waals surface area contributed by atoms with Crippen molar-refractivity contribution < 1.29 is 9.59 Å². The summed E-state index contributed by atoms with van der Waals surface area (Å²) >= 11 is 0. The van der Waals surface area contributed by atoms with Crippen molar-refractivity contribution in [2.75, 3.05) is 0 Å². The SMILES string of the molecule is O=C1c2ccccc2C(=O)C2C3c4cc5ccccc5cc4C(c4cc5ccccc5cc43)C12. The maximum atomic E-state index is 14.0. The number of carbonyl (C=O) groups excluding carboxylic acids is 2. The summed E-state index contributed by atoms with van der Waals surface area (Å²) in [5, 5.41) is 4.73. The monoisotopic (exact) mass is 436 g/mol. The number of carbonyl (C=O) groups is 2. The molecule has 4 aliphatic rings. The molecule has 2 atom stereocenters. The fourth-order valence-electron chi connectivity index (χ4n) is 7.05. The van der Waals surface area contributed by atoms with Gasteiger partial charge in [-0.05, 0) is 43.8 Å². The highest BCUT2D eigenvalue weighted by molar-refractivity contribution is 6.17. The predicted molar refractivity (Wildman–Crippen MR) is 134 cm³/mol. The average molecular weight is 437 g/mol.